The smallest absolute Gasteiger partial charge is 0.123 e. The topological polar surface area (TPSA) is 46.2 Å². The molecule has 2 rings (SSSR count). The van der Waals surface area contributed by atoms with Crippen LogP contribution in [0.25, 0.3) is 0 Å². The van der Waals surface area contributed by atoms with Gasteiger partial charge in [0.15, 0.2) is 0 Å². The van der Waals surface area contributed by atoms with Gasteiger partial charge in [0, 0.05) is 16.4 Å². The third kappa shape index (κ3) is 3.08. The number of aliphatic hydroxyl groups is 1. The van der Waals surface area contributed by atoms with Crippen molar-refractivity contribution in [1.29, 1.82) is 0 Å². The maximum Gasteiger partial charge on any atom is 0.123 e. The van der Waals surface area contributed by atoms with Gasteiger partial charge in [0.2, 0.25) is 0 Å². The maximum atomic E-state index is 13.4. The Hall–Kier alpha value is -1.23. The maximum absolute atomic E-state index is 13.4. The van der Waals surface area contributed by atoms with Gasteiger partial charge in [0.25, 0.3) is 0 Å². The summed E-state index contributed by atoms with van der Waals surface area (Å²) in [6.07, 6.45) is 0.475. The Morgan fingerprint density at radius 1 is 1.15 bits per heavy atom. The van der Waals surface area contributed by atoms with Crippen LogP contribution in [-0.2, 0) is 11.8 Å². The molecule has 0 amide bonds. The molecule has 0 bridgehead atoms. The highest BCUT2D eigenvalue weighted by Gasteiger charge is 2.31. The zero-order valence-electron chi connectivity index (χ0n) is 11.0. The average Bonchev–Trinajstić information content (AvgIpc) is 2.49. The Morgan fingerprint density at radius 3 is 2.45 bits per heavy atom. The summed E-state index contributed by atoms with van der Waals surface area (Å²) >= 11 is 3.42. The number of nitrogens with two attached hydrogens (primary N) is 1. The molecule has 0 saturated heterocycles. The molecule has 0 fully saturated rings. The second-order valence-electron chi connectivity index (χ2n) is 4.92. The van der Waals surface area contributed by atoms with Gasteiger partial charge >= 0.3 is 0 Å². The Morgan fingerprint density at radius 2 is 1.85 bits per heavy atom. The molecule has 0 aliphatic rings. The third-order valence-electron chi connectivity index (χ3n) is 3.62. The van der Waals surface area contributed by atoms with Gasteiger partial charge in [0.1, 0.15) is 5.82 Å². The molecule has 4 heteroatoms. The monoisotopic (exact) mass is 337 g/mol. The van der Waals surface area contributed by atoms with E-state index in [1.165, 1.54) is 12.1 Å². The van der Waals surface area contributed by atoms with Gasteiger partial charge < -0.3 is 10.8 Å². The van der Waals surface area contributed by atoms with Crippen LogP contribution in [-0.4, -0.2) is 18.3 Å². The molecule has 0 aliphatic heterocycles. The minimum absolute atomic E-state index is 0.0868. The lowest BCUT2D eigenvalue weighted by molar-refractivity contribution is 0.196. The minimum atomic E-state index is -0.600. The second-order valence-corrected chi connectivity index (χ2v) is 5.78. The summed E-state index contributed by atoms with van der Waals surface area (Å²) in [5.74, 6) is -0.292. The normalized spacial score (nSPS) is 14.0. The van der Waals surface area contributed by atoms with Crippen LogP contribution in [0.5, 0.6) is 0 Å². The standard InChI is InChI=1S/C16H17BrFNO/c17-15-7-6-14(18)8-12(15)9-16(10-19,11-20)13-4-2-1-3-5-13/h1-8,20H,9-11,19H2. The molecule has 1 atom stereocenters. The van der Waals surface area contributed by atoms with Crippen molar-refractivity contribution in [1.82, 2.24) is 0 Å². The molecule has 0 saturated carbocycles. The van der Waals surface area contributed by atoms with Crippen molar-refractivity contribution in [2.24, 2.45) is 5.73 Å². The molecule has 2 nitrogen and oxygen atoms in total. The van der Waals surface area contributed by atoms with Gasteiger partial charge in [-0.15, -0.1) is 0 Å². The molecule has 20 heavy (non-hydrogen) atoms. The lowest BCUT2D eigenvalue weighted by atomic mass is 9.76. The summed E-state index contributed by atoms with van der Waals surface area (Å²) in [6, 6.07) is 14.2. The van der Waals surface area contributed by atoms with Crippen LogP contribution in [0.1, 0.15) is 11.1 Å². The summed E-state index contributed by atoms with van der Waals surface area (Å²) in [7, 11) is 0. The van der Waals surface area contributed by atoms with Gasteiger partial charge in [0.05, 0.1) is 6.61 Å². The molecular weight excluding hydrogens is 321 g/mol. The van der Waals surface area contributed by atoms with Crippen LogP contribution >= 0.6 is 15.9 Å². The largest absolute Gasteiger partial charge is 0.395 e. The summed E-state index contributed by atoms with van der Waals surface area (Å²) in [5.41, 5.74) is 7.08. The van der Waals surface area contributed by atoms with Gasteiger partial charge in [-0.05, 0) is 35.7 Å². The molecule has 0 heterocycles. The van der Waals surface area contributed by atoms with Crippen LogP contribution in [0.4, 0.5) is 4.39 Å². The molecule has 1 unspecified atom stereocenters. The first-order chi connectivity index (χ1) is 9.61. The number of hydrogen-bond donors (Lipinski definition) is 2. The third-order valence-corrected chi connectivity index (χ3v) is 4.39. The van der Waals surface area contributed by atoms with Gasteiger partial charge in [-0.2, -0.15) is 0 Å². The predicted octanol–water partition coefficient (Wildman–Crippen LogP) is 3.02. The van der Waals surface area contributed by atoms with E-state index < -0.39 is 5.41 Å². The van der Waals surface area contributed by atoms with E-state index in [0.717, 1.165) is 15.6 Å². The highest BCUT2D eigenvalue weighted by Crippen LogP contribution is 2.30. The minimum Gasteiger partial charge on any atom is -0.395 e. The Balaban J connectivity index is 2.42. The summed E-state index contributed by atoms with van der Waals surface area (Å²) < 4.78 is 14.2. The van der Waals surface area contributed by atoms with Crippen molar-refractivity contribution >= 4 is 15.9 Å². The molecule has 0 aromatic heterocycles. The van der Waals surface area contributed by atoms with E-state index in [4.69, 9.17) is 5.73 Å². The zero-order chi connectivity index (χ0) is 14.6. The van der Waals surface area contributed by atoms with E-state index in [0.29, 0.717) is 6.42 Å². The quantitative estimate of drug-likeness (QED) is 0.880. The first kappa shape index (κ1) is 15.2. The first-order valence-electron chi connectivity index (χ1n) is 6.42. The highest BCUT2D eigenvalue weighted by atomic mass is 79.9. The second kappa shape index (κ2) is 6.48. The predicted molar refractivity (Wildman–Crippen MR) is 82.1 cm³/mol. The molecule has 0 radical (unpaired) electrons. The molecule has 0 aliphatic carbocycles. The average molecular weight is 338 g/mol. The fourth-order valence-electron chi connectivity index (χ4n) is 2.34. The van der Waals surface area contributed by atoms with E-state index in [2.05, 4.69) is 15.9 Å². The van der Waals surface area contributed by atoms with Crippen molar-refractivity contribution in [2.45, 2.75) is 11.8 Å². The van der Waals surface area contributed by atoms with E-state index in [1.807, 2.05) is 30.3 Å². The molecule has 2 aromatic rings. The fourth-order valence-corrected chi connectivity index (χ4v) is 2.73. The van der Waals surface area contributed by atoms with Crippen LogP contribution in [0.15, 0.2) is 53.0 Å². The molecule has 3 N–H and O–H groups in total. The SMILES string of the molecule is NCC(CO)(Cc1cc(F)ccc1Br)c1ccccc1. The zero-order valence-corrected chi connectivity index (χ0v) is 12.6. The van der Waals surface area contributed by atoms with Crippen LogP contribution in [0.2, 0.25) is 0 Å². The fraction of sp³-hybridized carbons (Fsp3) is 0.250. The number of aliphatic hydroxyl groups excluding tert-OH is 1. The molecule has 106 valence electrons. The number of hydrogen-bond acceptors (Lipinski definition) is 2. The van der Waals surface area contributed by atoms with Crippen LogP contribution < -0.4 is 5.73 Å². The number of rotatable bonds is 5. The van der Waals surface area contributed by atoms with Gasteiger partial charge in [-0.3, -0.25) is 0 Å². The highest BCUT2D eigenvalue weighted by molar-refractivity contribution is 9.10. The van der Waals surface area contributed by atoms with Crippen LogP contribution in [0.3, 0.4) is 0 Å². The first-order valence-corrected chi connectivity index (χ1v) is 7.21. The number of halogens is 2. The molecular formula is C16H17BrFNO. The van der Waals surface area contributed by atoms with Gasteiger partial charge in [-0.25, -0.2) is 4.39 Å². The lowest BCUT2D eigenvalue weighted by Crippen LogP contribution is -2.41. The van der Waals surface area contributed by atoms with E-state index in [9.17, 15) is 9.50 Å². The van der Waals surface area contributed by atoms with Crippen molar-refractivity contribution < 1.29 is 9.50 Å². The van der Waals surface area contributed by atoms with E-state index in [1.54, 1.807) is 6.07 Å². The van der Waals surface area contributed by atoms with Crippen molar-refractivity contribution in [3.8, 4) is 0 Å². The number of benzene rings is 2. The van der Waals surface area contributed by atoms with Crippen molar-refractivity contribution in [2.75, 3.05) is 13.2 Å². The lowest BCUT2D eigenvalue weighted by Gasteiger charge is -2.31. The Bertz CT molecular complexity index is 570. The van der Waals surface area contributed by atoms with E-state index >= 15 is 0 Å². The van der Waals surface area contributed by atoms with Crippen LogP contribution in [0, 0.1) is 5.82 Å². The summed E-state index contributed by atoms with van der Waals surface area (Å²) in [5, 5.41) is 9.86. The molecule has 0 spiro atoms. The summed E-state index contributed by atoms with van der Waals surface area (Å²) in [6.45, 7) is 0.201. The molecule has 2 aromatic carbocycles. The Labute approximate surface area is 126 Å². The Kier molecular flexibility index (Phi) is 4.91. The van der Waals surface area contributed by atoms with Crippen molar-refractivity contribution in [3.05, 3.63) is 69.9 Å². The van der Waals surface area contributed by atoms with E-state index in [-0.39, 0.29) is 19.0 Å². The van der Waals surface area contributed by atoms with Gasteiger partial charge in [-0.1, -0.05) is 46.3 Å². The summed E-state index contributed by atoms with van der Waals surface area (Å²) in [4.78, 5) is 0. The van der Waals surface area contributed by atoms with Crippen molar-refractivity contribution in [3.63, 3.8) is 0 Å².